The summed E-state index contributed by atoms with van der Waals surface area (Å²) in [7, 11) is -3.77. The van der Waals surface area contributed by atoms with Gasteiger partial charge >= 0.3 is 0 Å². The maximum atomic E-state index is 11.5. The van der Waals surface area contributed by atoms with Crippen LogP contribution in [-0.2, 0) is 10.0 Å². The van der Waals surface area contributed by atoms with Gasteiger partial charge in [0.25, 0.3) is 0 Å². The molecule has 0 saturated heterocycles. The average Bonchev–Trinajstić information content (AvgIpc) is 3.01. The molecule has 4 rings (SSSR count). The zero-order valence-corrected chi connectivity index (χ0v) is 17.5. The first kappa shape index (κ1) is 18.9. The zero-order chi connectivity index (χ0) is 20.1. The highest BCUT2D eigenvalue weighted by Crippen LogP contribution is 2.37. The van der Waals surface area contributed by atoms with Crippen molar-refractivity contribution in [2.24, 2.45) is 26.8 Å². The highest BCUT2D eigenvalue weighted by Gasteiger charge is 2.38. The number of nitrogens with zero attached hydrogens (tertiary/aromatic N) is 3. The van der Waals surface area contributed by atoms with E-state index in [4.69, 9.17) is 23.1 Å². The minimum atomic E-state index is -3.77. The molecule has 2 aromatic carbocycles. The molecule has 10 heteroatoms. The van der Waals surface area contributed by atoms with Gasteiger partial charge in [-0.1, -0.05) is 28.1 Å². The van der Waals surface area contributed by atoms with Gasteiger partial charge in [0.15, 0.2) is 0 Å². The predicted molar refractivity (Wildman–Crippen MR) is 118 cm³/mol. The van der Waals surface area contributed by atoms with Crippen molar-refractivity contribution in [1.82, 2.24) is 0 Å². The Kier molecular flexibility index (Phi) is 4.66. The maximum Gasteiger partial charge on any atom is 0.238 e. The van der Waals surface area contributed by atoms with Crippen LogP contribution in [-0.4, -0.2) is 25.2 Å². The molecule has 142 valence electrons. The SMILES string of the molecule is NC1=NC(=S)N=C2C1C(c1ccc(Br)cc1)=CN2c1ccc(S(N)(=O)=O)cc1. The van der Waals surface area contributed by atoms with Gasteiger partial charge in [-0.25, -0.2) is 23.5 Å². The van der Waals surface area contributed by atoms with Crippen LogP contribution in [0.15, 0.2) is 74.1 Å². The van der Waals surface area contributed by atoms with Crippen LogP contribution in [0.5, 0.6) is 0 Å². The molecule has 2 aliphatic heterocycles. The lowest BCUT2D eigenvalue weighted by molar-refractivity contribution is 0.598. The molecule has 0 fully saturated rings. The lowest BCUT2D eigenvalue weighted by Gasteiger charge is -2.23. The van der Waals surface area contributed by atoms with Crippen molar-refractivity contribution in [3.8, 4) is 0 Å². The summed E-state index contributed by atoms with van der Waals surface area (Å²) in [6.45, 7) is 0. The van der Waals surface area contributed by atoms with Crippen molar-refractivity contribution in [2.45, 2.75) is 4.90 Å². The third kappa shape index (κ3) is 3.39. The molecule has 0 radical (unpaired) electrons. The van der Waals surface area contributed by atoms with Gasteiger partial charge in [0.1, 0.15) is 17.6 Å². The topological polar surface area (TPSA) is 114 Å². The maximum absolute atomic E-state index is 11.5. The molecule has 4 N–H and O–H groups in total. The van der Waals surface area contributed by atoms with Crippen LogP contribution in [0.4, 0.5) is 5.69 Å². The van der Waals surface area contributed by atoms with E-state index in [9.17, 15) is 8.42 Å². The van der Waals surface area contributed by atoms with Crippen molar-refractivity contribution >= 4 is 66.2 Å². The fraction of sp³-hybridized carbons (Fsp3) is 0.0556. The van der Waals surface area contributed by atoms with Crippen LogP contribution in [0.1, 0.15) is 5.56 Å². The molecule has 2 heterocycles. The molecule has 0 amide bonds. The monoisotopic (exact) mass is 475 g/mol. The number of thiocarbonyl (C=S) groups is 1. The Labute approximate surface area is 175 Å². The van der Waals surface area contributed by atoms with Crippen LogP contribution >= 0.6 is 28.1 Å². The van der Waals surface area contributed by atoms with E-state index in [-0.39, 0.29) is 15.9 Å². The molecule has 0 bridgehead atoms. The number of halogens is 1. The molecular formula is C18H14BrN5O2S2. The lowest BCUT2D eigenvalue weighted by atomic mass is 9.93. The summed E-state index contributed by atoms with van der Waals surface area (Å²) in [5, 5.41) is 5.34. The molecule has 2 aromatic rings. The number of hydrogen-bond acceptors (Lipinski definition) is 5. The normalized spacial score (nSPS) is 19.1. The van der Waals surface area contributed by atoms with Crippen molar-refractivity contribution in [3.05, 3.63) is 64.8 Å². The highest BCUT2D eigenvalue weighted by atomic mass is 79.9. The van der Waals surface area contributed by atoms with E-state index < -0.39 is 10.0 Å². The first-order chi connectivity index (χ1) is 13.2. The number of nitrogens with two attached hydrogens (primary N) is 2. The van der Waals surface area contributed by atoms with Crippen LogP contribution in [0.3, 0.4) is 0 Å². The molecule has 1 atom stereocenters. The molecule has 7 nitrogen and oxygen atoms in total. The number of sulfonamides is 1. The Morgan fingerprint density at radius 3 is 2.29 bits per heavy atom. The number of hydrogen-bond donors (Lipinski definition) is 2. The van der Waals surface area contributed by atoms with Gasteiger partial charge in [0.05, 0.1) is 4.90 Å². The fourth-order valence-electron chi connectivity index (χ4n) is 3.15. The summed E-state index contributed by atoms with van der Waals surface area (Å²) >= 11 is 8.58. The van der Waals surface area contributed by atoms with E-state index in [1.807, 2.05) is 35.4 Å². The van der Waals surface area contributed by atoms with Crippen LogP contribution < -0.4 is 15.8 Å². The van der Waals surface area contributed by atoms with Crippen LogP contribution in [0.2, 0.25) is 0 Å². The summed E-state index contributed by atoms with van der Waals surface area (Å²) in [4.78, 5) is 10.4. The Morgan fingerprint density at radius 1 is 1.04 bits per heavy atom. The van der Waals surface area contributed by atoms with Crippen molar-refractivity contribution < 1.29 is 8.42 Å². The van der Waals surface area contributed by atoms with E-state index in [1.54, 1.807) is 12.1 Å². The molecular weight excluding hydrogens is 462 g/mol. The van der Waals surface area contributed by atoms with E-state index in [1.165, 1.54) is 12.1 Å². The van der Waals surface area contributed by atoms with Gasteiger partial charge in [0.2, 0.25) is 15.1 Å². The summed E-state index contributed by atoms with van der Waals surface area (Å²) in [6.07, 6.45) is 1.91. The van der Waals surface area contributed by atoms with Gasteiger partial charge in [-0.2, -0.15) is 0 Å². The van der Waals surface area contributed by atoms with Crippen molar-refractivity contribution in [2.75, 3.05) is 4.90 Å². The molecule has 0 aromatic heterocycles. The highest BCUT2D eigenvalue weighted by molar-refractivity contribution is 9.10. The molecule has 1 unspecified atom stereocenters. The minimum absolute atomic E-state index is 0.0336. The van der Waals surface area contributed by atoms with Crippen LogP contribution in [0.25, 0.3) is 5.57 Å². The van der Waals surface area contributed by atoms with Crippen LogP contribution in [0, 0.1) is 5.92 Å². The second kappa shape index (κ2) is 6.89. The summed E-state index contributed by atoms with van der Waals surface area (Å²) in [6, 6.07) is 14.0. The number of rotatable bonds is 3. The number of aliphatic imine (C=N–C) groups is 2. The van der Waals surface area contributed by atoms with Crippen molar-refractivity contribution in [1.29, 1.82) is 0 Å². The average molecular weight is 476 g/mol. The summed E-state index contributed by atoms with van der Waals surface area (Å²) in [5.41, 5.74) is 8.80. The number of anilines is 1. The smallest absolute Gasteiger partial charge is 0.238 e. The largest absolute Gasteiger partial charge is 0.386 e. The van der Waals surface area contributed by atoms with Gasteiger partial charge in [-0.15, -0.1) is 0 Å². The first-order valence-corrected chi connectivity index (χ1v) is 10.8. The molecule has 0 saturated carbocycles. The zero-order valence-electron chi connectivity index (χ0n) is 14.3. The van der Waals surface area contributed by atoms with Crippen molar-refractivity contribution in [3.63, 3.8) is 0 Å². The van der Waals surface area contributed by atoms with E-state index in [0.717, 1.165) is 15.6 Å². The third-order valence-electron chi connectivity index (χ3n) is 4.44. The number of benzene rings is 2. The Hall–Kier alpha value is -2.40. The van der Waals surface area contributed by atoms with Gasteiger partial charge in [-0.05, 0) is 59.8 Å². The summed E-state index contributed by atoms with van der Waals surface area (Å²) < 4.78 is 24.0. The summed E-state index contributed by atoms with van der Waals surface area (Å²) in [5.74, 6) is 0.650. The molecule has 0 aliphatic carbocycles. The van der Waals surface area contributed by atoms with E-state index in [2.05, 4.69) is 25.9 Å². The fourth-order valence-corrected chi connectivity index (χ4v) is 4.13. The Bertz CT molecular complexity index is 1170. The lowest BCUT2D eigenvalue weighted by Crippen LogP contribution is -2.38. The predicted octanol–water partition coefficient (Wildman–Crippen LogP) is 2.63. The number of fused-ring (bicyclic) bond motifs is 1. The Morgan fingerprint density at radius 2 is 1.68 bits per heavy atom. The molecule has 2 aliphatic rings. The number of primary sulfonamides is 1. The quantitative estimate of drug-likeness (QED) is 0.662. The first-order valence-electron chi connectivity index (χ1n) is 8.10. The number of amidine groups is 2. The van der Waals surface area contributed by atoms with Gasteiger partial charge in [-0.3, -0.25) is 0 Å². The molecule has 0 spiro atoms. The van der Waals surface area contributed by atoms with E-state index in [0.29, 0.717) is 17.4 Å². The van der Waals surface area contributed by atoms with Gasteiger partial charge in [0, 0.05) is 16.4 Å². The standard InChI is InChI=1S/C18H14BrN5O2S2/c19-11-3-1-10(2-4-11)14-9-24(17-15(14)16(20)22-18(27)23-17)12-5-7-13(8-6-12)28(21,25)26/h1-9,15H,(H2,20,22,27)(H2,21,25,26). The third-order valence-corrected chi connectivity index (χ3v) is 6.08. The second-order valence-corrected chi connectivity index (χ2v) is 9.06. The van der Waals surface area contributed by atoms with Gasteiger partial charge < -0.3 is 10.6 Å². The minimum Gasteiger partial charge on any atom is -0.386 e. The van der Waals surface area contributed by atoms with E-state index >= 15 is 0 Å². The second-order valence-electron chi connectivity index (χ2n) is 6.22. The Balaban J connectivity index is 1.82. The molecule has 28 heavy (non-hydrogen) atoms.